The molecule has 0 saturated carbocycles. The van der Waals surface area contributed by atoms with Crippen LogP contribution in [0.1, 0.15) is 19.8 Å². The fraction of sp³-hybridized carbons (Fsp3) is 0.533. The van der Waals surface area contributed by atoms with Gasteiger partial charge >= 0.3 is 6.09 Å². The van der Waals surface area contributed by atoms with Crippen molar-refractivity contribution in [2.24, 2.45) is 13.0 Å². The highest BCUT2D eigenvalue weighted by Crippen LogP contribution is 2.20. The van der Waals surface area contributed by atoms with E-state index in [0.717, 1.165) is 6.42 Å². The van der Waals surface area contributed by atoms with Crippen LogP contribution in [0.5, 0.6) is 0 Å². The summed E-state index contributed by atoms with van der Waals surface area (Å²) in [7, 11) is 1.62. The fourth-order valence-corrected chi connectivity index (χ4v) is 3.08. The molecule has 0 aromatic carbocycles. The number of hydrogen-bond acceptors (Lipinski definition) is 4. The molecule has 2 rings (SSSR count). The number of likely N-dealkylation sites (tertiary alicyclic amines) is 1. The van der Waals surface area contributed by atoms with Gasteiger partial charge in [0.2, 0.25) is 5.91 Å². The van der Waals surface area contributed by atoms with Crippen molar-refractivity contribution in [2.45, 2.75) is 19.8 Å². The van der Waals surface area contributed by atoms with Gasteiger partial charge < -0.3 is 19.5 Å². The van der Waals surface area contributed by atoms with Crippen LogP contribution in [0.4, 0.5) is 10.5 Å². The molecule has 0 spiro atoms. The summed E-state index contributed by atoms with van der Waals surface area (Å²) < 4.78 is 6.76. The van der Waals surface area contributed by atoms with Crippen LogP contribution in [0.25, 0.3) is 0 Å². The lowest BCUT2D eigenvalue weighted by Crippen LogP contribution is -2.44. The number of aromatic nitrogens is 1. The Morgan fingerprint density at radius 3 is 2.87 bits per heavy atom. The average Bonchev–Trinajstić information content (AvgIpc) is 2.53. The third kappa shape index (κ3) is 4.34. The van der Waals surface area contributed by atoms with Crippen LogP contribution in [0.3, 0.4) is 0 Å². The second-order valence-electron chi connectivity index (χ2n) is 5.47. The lowest BCUT2D eigenvalue weighted by molar-refractivity contribution is -0.121. The molecule has 1 saturated heterocycles. The van der Waals surface area contributed by atoms with Gasteiger partial charge in [-0.3, -0.25) is 9.59 Å². The molecule has 0 radical (unpaired) electrons. The summed E-state index contributed by atoms with van der Waals surface area (Å²) in [6.07, 6.45) is 2.66. The van der Waals surface area contributed by atoms with Crippen molar-refractivity contribution in [3.8, 4) is 0 Å². The van der Waals surface area contributed by atoms with Gasteiger partial charge in [-0.15, -0.1) is 0 Å². The molecule has 1 fully saturated rings. The standard InChI is InChI=1S/C15H20BrN3O4/c1-3-23-15(22)19-6-4-5-10(8-19)13(20)17-11-7-12(16)14(21)18(2)9-11/h7,9-10H,3-6,8H2,1-2H3,(H,17,20). The molecule has 1 unspecified atom stereocenters. The number of aryl methyl sites for hydroxylation is 1. The van der Waals surface area contributed by atoms with Gasteiger partial charge in [0.05, 0.1) is 22.7 Å². The zero-order chi connectivity index (χ0) is 17.0. The number of piperidine rings is 1. The van der Waals surface area contributed by atoms with Crippen LogP contribution < -0.4 is 10.9 Å². The minimum atomic E-state index is -0.380. The van der Waals surface area contributed by atoms with Crippen LogP contribution in [-0.2, 0) is 16.6 Å². The summed E-state index contributed by atoms with van der Waals surface area (Å²) in [6, 6.07) is 1.58. The third-order valence-electron chi connectivity index (χ3n) is 3.73. The highest BCUT2D eigenvalue weighted by atomic mass is 79.9. The number of pyridine rings is 1. The Labute approximate surface area is 142 Å². The molecule has 1 N–H and O–H groups in total. The summed E-state index contributed by atoms with van der Waals surface area (Å²) in [6.45, 7) is 3.02. The number of anilines is 1. The SMILES string of the molecule is CCOC(=O)N1CCCC(C(=O)Nc2cc(Br)c(=O)n(C)c2)C1. The predicted molar refractivity (Wildman–Crippen MR) is 89.3 cm³/mol. The van der Waals surface area contributed by atoms with Gasteiger partial charge in [0.1, 0.15) is 0 Å². The molecular weight excluding hydrogens is 366 g/mol. The summed E-state index contributed by atoms with van der Waals surface area (Å²) >= 11 is 3.17. The summed E-state index contributed by atoms with van der Waals surface area (Å²) in [4.78, 5) is 37.4. The molecule has 1 aliphatic heterocycles. The van der Waals surface area contributed by atoms with Crippen LogP contribution in [0.2, 0.25) is 0 Å². The third-order valence-corrected chi connectivity index (χ3v) is 4.29. The molecule has 0 bridgehead atoms. The molecule has 126 valence electrons. The first-order valence-electron chi connectivity index (χ1n) is 7.51. The lowest BCUT2D eigenvalue weighted by atomic mass is 9.97. The van der Waals surface area contributed by atoms with Crippen LogP contribution >= 0.6 is 15.9 Å². The Morgan fingerprint density at radius 2 is 2.22 bits per heavy atom. The van der Waals surface area contributed by atoms with Gasteiger partial charge in [-0.2, -0.15) is 0 Å². The van der Waals surface area contributed by atoms with Gasteiger partial charge in [-0.25, -0.2) is 4.79 Å². The molecule has 2 amide bonds. The number of hydrogen-bond donors (Lipinski definition) is 1. The predicted octanol–water partition coefficient (Wildman–Crippen LogP) is 1.95. The number of carbonyl (C=O) groups is 2. The highest BCUT2D eigenvalue weighted by Gasteiger charge is 2.29. The molecule has 8 heteroatoms. The fourth-order valence-electron chi connectivity index (χ4n) is 2.56. The Balaban J connectivity index is 2.03. The number of nitrogens with zero attached hydrogens (tertiary/aromatic N) is 2. The first-order chi connectivity index (χ1) is 10.9. The molecule has 1 atom stereocenters. The quantitative estimate of drug-likeness (QED) is 0.861. The van der Waals surface area contributed by atoms with E-state index in [9.17, 15) is 14.4 Å². The van der Waals surface area contributed by atoms with Crippen molar-refractivity contribution < 1.29 is 14.3 Å². The van der Waals surface area contributed by atoms with Gasteiger partial charge in [-0.1, -0.05) is 0 Å². The van der Waals surface area contributed by atoms with Crippen LogP contribution in [0, 0.1) is 5.92 Å². The molecular formula is C15H20BrN3O4. The van der Waals surface area contributed by atoms with E-state index in [1.54, 1.807) is 31.1 Å². The zero-order valence-electron chi connectivity index (χ0n) is 13.2. The number of ether oxygens (including phenoxy) is 1. The van der Waals surface area contributed by atoms with Crippen molar-refractivity contribution >= 4 is 33.6 Å². The highest BCUT2D eigenvalue weighted by molar-refractivity contribution is 9.10. The Morgan fingerprint density at radius 1 is 1.48 bits per heavy atom. The summed E-state index contributed by atoms with van der Waals surface area (Å²) in [5.41, 5.74) is 0.367. The minimum absolute atomic E-state index is 0.162. The molecule has 2 heterocycles. The first kappa shape index (κ1) is 17.5. The molecule has 23 heavy (non-hydrogen) atoms. The van der Waals surface area contributed by atoms with E-state index < -0.39 is 0 Å². The monoisotopic (exact) mass is 385 g/mol. The Bertz CT molecular complexity index is 632. The van der Waals surface area contributed by atoms with Crippen LogP contribution in [0.15, 0.2) is 21.5 Å². The second-order valence-corrected chi connectivity index (χ2v) is 6.32. The smallest absolute Gasteiger partial charge is 0.409 e. The van der Waals surface area contributed by atoms with E-state index >= 15 is 0 Å². The number of nitrogens with one attached hydrogen (secondary N) is 1. The first-order valence-corrected chi connectivity index (χ1v) is 8.30. The van der Waals surface area contributed by atoms with Crippen molar-refractivity contribution in [3.05, 3.63) is 27.1 Å². The van der Waals surface area contributed by atoms with Gasteiger partial charge in [0.25, 0.3) is 5.56 Å². The number of amides is 2. The van der Waals surface area contributed by atoms with E-state index in [1.165, 1.54) is 4.57 Å². The van der Waals surface area contributed by atoms with Gasteiger partial charge in [0, 0.05) is 26.3 Å². The average molecular weight is 386 g/mol. The number of rotatable bonds is 3. The van der Waals surface area contributed by atoms with Crippen molar-refractivity contribution in [3.63, 3.8) is 0 Å². The normalized spacial score (nSPS) is 17.7. The summed E-state index contributed by atoms with van der Waals surface area (Å²) in [5.74, 6) is -0.450. The van der Waals surface area contributed by atoms with Gasteiger partial charge in [0.15, 0.2) is 0 Å². The molecule has 7 nitrogen and oxygen atoms in total. The van der Waals surface area contributed by atoms with E-state index in [0.29, 0.717) is 36.3 Å². The lowest BCUT2D eigenvalue weighted by Gasteiger charge is -2.31. The van der Waals surface area contributed by atoms with E-state index in [1.807, 2.05) is 0 Å². The largest absolute Gasteiger partial charge is 0.450 e. The van der Waals surface area contributed by atoms with Crippen molar-refractivity contribution in [2.75, 3.05) is 25.0 Å². The topological polar surface area (TPSA) is 80.6 Å². The Hall–Kier alpha value is -1.83. The molecule has 0 aliphatic carbocycles. The van der Waals surface area contributed by atoms with E-state index in [2.05, 4.69) is 21.2 Å². The number of halogens is 1. The maximum atomic E-state index is 12.4. The van der Waals surface area contributed by atoms with Gasteiger partial charge in [-0.05, 0) is 41.8 Å². The maximum absolute atomic E-state index is 12.4. The van der Waals surface area contributed by atoms with Crippen molar-refractivity contribution in [1.82, 2.24) is 9.47 Å². The summed E-state index contributed by atoms with van der Waals surface area (Å²) in [5, 5.41) is 2.80. The maximum Gasteiger partial charge on any atom is 0.409 e. The molecule has 1 aromatic heterocycles. The zero-order valence-corrected chi connectivity index (χ0v) is 14.8. The number of carbonyl (C=O) groups excluding carboxylic acids is 2. The molecule has 1 aromatic rings. The minimum Gasteiger partial charge on any atom is -0.450 e. The Kier molecular flexibility index (Phi) is 5.81. The van der Waals surface area contributed by atoms with Crippen LogP contribution in [-0.4, -0.2) is 41.2 Å². The second kappa shape index (κ2) is 7.63. The molecule has 1 aliphatic rings. The van der Waals surface area contributed by atoms with E-state index in [4.69, 9.17) is 4.74 Å². The van der Waals surface area contributed by atoms with Crippen molar-refractivity contribution in [1.29, 1.82) is 0 Å². The van der Waals surface area contributed by atoms with E-state index in [-0.39, 0.29) is 23.5 Å².